The van der Waals surface area contributed by atoms with Crippen molar-refractivity contribution in [1.29, 1.82) is 0 Å². The summed E-state index contributed by atoms with van der Waals surface area (Å²) in [4.78, 5) is 13.9. The average molecular weight is 263 g/mol. The normalized spacial score (nSPS) is 23.8. The van der Waals surface area contributed by atoms with E-state index in [1.165, 1.54) is 18.2 Å². The zero-order valence-electron chi connectivity index (χ0n) is 11.2. The summed E-state index contributed by atoms with van der Waals surface area (Å²) in [5, 5.41) is 0. The van der Waals surface area contributed by atoms with E-state index in [9.17, 15) is 9.18 Å². The molecule has 1 heterocycles. The summed E-state index contributed by atoms with van der Waals surface area (Å²) in [6, 6.07) is 6.23. The highest BCUT2D eigenvalue weighted by atomic mass is 19.1. The van der Waals surface area contributed by atoms with Crippen LogP contribution in [0.1, 0.15) is 19.4 Å². The van der Waals surface area contributed by atoms with Crippen LogP contribution in [0, 0.1) is 5.82 Å². The molecule has 1 saturated heterocycles. The fourth-order valence-corrected chi connectivity index (χ4v) is 2.08. The van der Waals surface area contributed by atoms with Gasteiger partial charge in [-0.15, -0.1) is 0 Å². The molecule has 2 unspecified atom stereocenters. The van der Waals surface area contributed by atoms with Gasteiger partial charge in [0.25, 0.3) is 0 Å². The van der Waals surface area contributed by atoms with Crippen molar-refractivity contribution in [3.8, 4) is 0 Å². The minimum Gasteiger partial charge on any atom is -0.375 e. The lowest BCUT2D eigenvalue weighted by atomic mass is 10.1. The third-order valence-corrected chi connectivity index (χ3v) is 3.16. The second kappa shape index (κ2) is 5.97. The van der Waals surface area contributed by atoms with Gasteiger partial charge in [-0.1, -0.05) is 12.1 Å². The lowest BCUT2D eigenvalue weighted by Gasteiger charge is -2.36. The van der Waals surface area contributed by atoms with Crippen molar-refractivity contribution in [1.82, 2.24) is 4.90 Å². The minimum absolute atomic E-state index is 0.0581. The van der Waals surface area contributed by atoms with Crippen LogP contribution in [0.25, 0.3) is 6.08 Å². The SMILES string of the molecule is CC1CN(C(=O)/C=C/c2cccc(F)c2)C(C)CO1. The van der Waals surface area contributed by atoms with E-state index in [1.807, 2.05) is 13.8 Å². The molecule has 19 heavy (non-hydrogen) atoms. The number of rotatable bonds is 2. The van der Waals surface area contributed by atoms with Gasteiger partial charge in [0.1, 0.15) is 5.82 Å². The van der Waals surface area contributed by atoms with Crippen molar-refractivity contribution in [2.24, 2.45) is 0 Å². The highest BCUT2D eigenvalue weighted by Gasteiger charge is 2.25. The number of ether oxygens (including phenoxy) is 1. The third kappa shape index (κ3) is 3.64. The first-order valence-electron chi connectivity index (χ1n) is 6.42. The van der Waals surface area contributed by atoms with Crippen LogP contribution in [-0.2, 0) is 9.53 Å². The molecule has 1 fully saturated rings. The number of hydrogen-bond acceptors (Lipinski definition) is 2. The van der Waals surface area contributed by atoms with Gasteiger partial charge >= 0.3 is 0 Å². The first-order valence-corrected chi connectivity index (χ1v) is 6.42. The highest BCUT2D eigenvalue weighted by Crippen LogP contribution is 2.13. The van der Waals surface area contributed by atoms with E-state index in [2.05, 4.69) is 0 Å². The minimum atomic E-state index is -0.303. The molecule has 2 atom stereocenters. The fraction of sp³-hybridized carbons (Fsp3) is 0.400. The predicted octanol–water partition coefficient (Wildman–Crippen LogP) is 2.47. The topological polar surface area (TPSA) is 29.5 Å². The van der Waals surface area contributed by atoms with E-state index < -0.39 is 0 Å². The van der Waals surface area contributed by atoms with Crippen molar-refractivity contribution in [3.63, 3.8) is 0 Å². The fourth-order valence-electron chi connectivity index (χ4n) is 2.08. The largest absolute Gasteiger partial charge is 0.375 e. The summed E-state index contributed by atoms with van der Waals surface area (Å²) < 4.78 is 18.5. The molecule has 2 rings (SSSR count). The number of hydrogen-bond donors (Lipinski definition) is 0. The smallest absolute Gasteiger partial charge is 0.246 e. The molecule has 1 aliphatic heterocycles. The summed E-state index contributed by atoms with van der Waals surface area (Å²) in [7, 11) is 0. The van der Waals surface area contributed by atoms with Gasteiger partial charge in [-0.25, -0.2) is 4.39 Å². The monoisotopic (exact) mass is 263 g/mol. The Morgan fingerprint density at radius 2 is 2.26 bits per heavy atom. The molecule has 0 spiro atoms. The van der Waals surface area contributed by atoms with Gasteiger partial charge < -0.3 is 9.64 Å². The Hall–Kier alpha value is -1.68. The van der Waals surface area contributed by atoms with E-state index in [4.69, 9.17) is 4.74 Å². The first-order chi connectivity index (χ1) is 9.06. The van der Waals surface area contributed by atoms with Gasteiger partial charge in [0.2, 0.25) is 5.91 Å². The van der Waals surface area contributed by atoms with Gasteiger partial charge in [0, 0.05) is 12.6 Å². The molecular weight excluding hydrogens is 245 g/mol. The summed E-state index contributed by atoms with van der Waals surface area (Å²) in [5.41, 5.74) is 0.683. The molecule has 1 amide bonds. The Labute approximate surface area is 112 Å². The van der Waals surface area contributed by atoms with Crippen molar-refractivity contribution >= 4 is 12.0 Å². The van der Waals surface area contributed by atoms with Gasteiger partial charge in [-0.2, -0.15) is 0 Å². The molecule has 1 aromatic carbocycles. The van der Waals surface area contributed by atoms with E-state index in [1.54, 1.807) is 23.1 Å². The molecule has 3 nitrogen and oxygen atoms in total. The predicted molar refractivity (Wildman–Crippen MR) is 72.0 cm³/mol. The second-order valence-corrected chi connectivity index (χ2v) is 4.87. The van der Waals surface area contributed by atoms with E-state index in [0.717, 1.165) is 0 Å². The Morgan fingerprint density at radius 1 is 1.47 bits per heavy atom. The standard InChI is InChI=1S/C15H18FNO2/c1-11-10-19-12(2)9-17(11)15(18)7-6-13-4-3-5-14(16)8-13/h3-8,11-12H,9-10H2,1-2H3/b7-6+. The Bertz CT molecular complexity index is 487. The zero-order chi connectivity index (χ0) is 13.8. The summed E-state index contributed by atoms with van der Waals surface area (Å²) in [6.07, 6.45) is 3.18. The van der Waals surface area contributed by atoms with Gasteiger partial charge in [0.05, 0.1) is 18.8 Å². The Morgan fingerprint density at radius 3 is 3.00 bits per heavy atom. The maximum atomic E-state index is 13.0. The van der Waals surface area contributed by atoms with Crippen molar-refractivity contribution < 1.29 is 13.9 Å². The third-order valence-electron chi connectivity index (χ3n) is 3.16. The summed E-state index contributed by atoms with van der Waals surface area (Å²) in [6.45, 7) is 5.05. The number of nitrogens with zero attached hydrogens (tertiary/aromatic N) is 1. The van der Waals surface area contributed by atoms with Crippen LogP contribution in [0.15, 0.2) is 30.3 Å². The first kappa shape index (κ1) is 13.7. The van der Waals surface area contributed by atoms with Gasteiger partial charge in [-0.05, 0) is 37.6 Å². The van der Waals surface area contributed by atoms with E-state index in [0.29, 0.717) is 18.7 Å². The average Bonchev–Trinajstić information content (AvgIpc) is 2.39. The highest BCUT2D eigenvalue weighted by molar-refractivity contribution is 5.92. The van der Waals surface area contributed by atoms with Crippen LogP contribution in [0.5, 0.6) is 0 Å². The van der Waals surface area contributed by atoms with Crippen LogP contribution in [0.3, 0.4) is 0 Å². The lowest BCUT2D eigenvalue weighted by Crippen LogP contribution is -2.49. The molecule has 102 valence electrons. The molecule has 4 heteroatoms. The molecule has 1 aliphatic rings. The summed E-state index contributed by atoms with van der Waals surface area (Å²) >= 11 is 0. The molecule has 0 aliphatic carbocycles. The molecule has 0 radical (unpaired) electrons. The van der Waals surface area contributed by atoms with Crippen molar-refractivity contribution in [2.75, 3.05) is 13.2 Å². The van der Waals surface area contributed by atoms with E-state index in [-0.39, 0.29) is 23.9 Å². The molecule has 0 aromatic heterocycles. The zero-order valence-corrected chi connectivity index (χ0v) is 11.2. The lowest BCUT2D eigenvalue weighted by molar-refractivity contribution is -0.137. The number of halogens is 1. The molecule has 0 N–H and O–H groups in total. The molecular formula is C15H18FNO2. The van der Waals surface area contributed by atoms with Crippen molar-refractivity contribution in [3.05, 3.63) is 41.7 Å². The van der Waals surface area contributed by atoms with Gasteiger partial charge in [0.15, 0.2) is 0 Å². The molecule has 0 bridgehead atoms. The Kier molecular flexibility index (Phi) is 4.32. The molecule has 1 aromatic rings. The van der Waals surface area contributed by atoms with Gasteiger partial charge in [-0.3, -0.25) is 4.79 Å². The van der Waals surface area contributed by atoms with E-state index >= 15 is 0 Å². The Balaban J connectivity index is 2.04. The maximum Gasteiger partial charge on any atom is 0.246 e. The number of morpholine rings is 1. The van der Waals surface area contributed by atoms with Crippen LogP contribution in [-0.4, -0.2) is 36.1 Å². The summed E-state index contributed by atoms with van der Waals surface area (Å²) in [5.74, 6) is -0.366. The van der Waals surface area contributed by atoms with Crippen molar-refractivity contribution in [2.45, 2.75) is 26.0 Å². The quantitative estimate of drug-likeness (QED) is 0.767. The second-order valence-electron chi connectivity index (χ2n) is 4.87. The number of carbonyl (C=O) groups excluding carboxylic acids is 1. The van der Waals surface area contributed by atoms with Crippen LogP contribution >= 0.6 is 0 Å². The van der Waals surface area contributed by atoms with Crippen LogP contribution in [0.4, 0.5) is 4.39 Å². The maximum absolute atomic E-state index is 13.0. The molecule has 0 saturated carbocycles. The number of carbonyl (C=O) groups is 1. The number of benzene rings is 1. The van der Waals surface area contributed by atoms with Crippen LogP contribution < -0.4 is 0 Å². The number of amides is 1. The van der Waals surface area contributed by atoms with Crippen LogP contribution in [0.2, 0.25) is 0 Å².